The van der Waals surface area contributed by atoms with Gasteiger partial charge in [0.1, 0.15) is 16.5 Å². The molecule has 0 bridgehead atoms. The van der Waals surface area contributed by atoms with Crippen LogP contribution in [0.3, 0.4) is 0 Å². The SMILES string of the molecule is CC(C)(NS(=O)(=O)c1cc(F)ccc1F)C(N)=S. The topological polar surface area (TPSA) is 72.2 Å². The summed E-state index contributed by atoms with van der Waals surface area (Å²) >= 11 is 4.69. The Morgan fingerprint density at radius 1 is 1.39 bits per heavy atom. The summed E-state index contributed by atoms with van der Waals surface area (Å²) in [6.07, 6.45) is 0. The van der Waals surface area contributed by atoms with Crippen molar-refractivity contribution in [3.05, 3.63) is 29.8 Å². The fourth-order valence-corrected chi connectivity index (χ4v) is 2.72. The molecule has 0 radical (unpaired) electrons. The standard InChI is InChI=1S/C10H12F2N2O2S2/c1-10(2,9(13)17)14-18(15,16)8-5-6(11)3-4-7(8)12/h3-5,14H,1-2H3,(H2,13,17). The summed E-state index contributed by atoms with van der Waals surface area (Å²) in [7, 11) is -4.25. The van der Waals surface area contributed by atoms with Crippen LogP contribution in [0.1, 0.15) is 13.8 Å². The van der Waals surface area contributed by atoms with Crippen LogP contribution in [-0.2, 0) is 10.0 Å². The first-order valence-corrected chi connectivity index (χ1v) is 6.74. The molecule has 0 fully saturated rings. The van der Waals surface area contributed by atoms with Gasteiger partial charge in [0.15, 0.2) is 0 Å². The first-order chi connectivity index (χ1) is 8.06. The van der Waals surface area contributed by atoms with E-state index in [9.17, 15) is 17.2 Å². The second-order valence-electron chi connectivity index (χ2n) is 4.17. The van der Waals surface area contributed by atoms with Crippen molar-refractivity contribution in [1.29, 1.82) is 0 Å². The van der Waals surface area contributed by atoms with Gasteiger partial charge < -0.3 is 5.73 Å². The fourth-order valence-electron chi connectivity index (χ4n) is 1.12. The van der Waals surface area contributed by atoms with Gasteiger partial charge in [-0.25, -0.2) is 17.2 Å². The highest BCUT2D eigenvalue weighted by Gasteiger charge is 2.30. The zero-order chi connectivity index (χ0) is 14.1. The predicted octanol–water partition coefficient (Wildman–Crippen LogP) is 1.31. The number of rotatable bonds is 4. The lowest BCUT2D eigenvalue weighted by molar-refractivity contribution is 0.526. The Bertz CT molecular complexity index is 586. The third-order valence-electron chi connectivity index (χ3n) is 2.19. The number of thiocarbonyl (C=S) groups is 1. The molecule has 100 valence electrons. The Morgan fingerprint density at radius 2 is 1.94 bits per heavy atom. The summed E-state index contributed by atoms with van der Waals surface area (Å²) < 4.78 is 52.3. The van der Waals surface area contributed by atoms with Crippen LogP contribution in [-0.4, -0.2) is 18.9 Å². The summed E-state index contributed by atoms with van der Waals surface area (Å²) in [4.78, 5) is -0.894. The molecule has 0 saturated carbocycles. The Balaban J connectivity index is 3.23. The van der Waals surface area contributed by atoms with Crippen LogP contribution in [0.2, 0.25) is 0 Å². The van der Waals surface area contributed by atoms with E-state index in [1.54, 1.807) is 0 Å². The van der Waals surface area contributed by atoms with E-state index in [1.165, 1.54) is 13.8 Å². The number of nitrogens with one attached hydrogen (secondary N) is 1. The maximum absolute atomic E-state index is 13.4. The number of hydrogen-bond donors (Lipinski definition) is 2. The van der Waals surface area contributed by atoms with Crippen molar-refractivity contribution in [3.63, 3.8) is 0 Å². The van der Waals surface area contributed by atoms with Crippen molar-refractivity contribution in [1.82, 2.24) is 4.72 Å². The van der Waals surface area contributed by atoms with E-state index < -0.39 is 32.1 Å². The Hall–Kier alpha value is -1.12. The van der Waals surface area contributed by atoms with Crippen molar-refractivity contribution in [2.45, 2.75) is 24.3 Å². The zero-order valence-electron chi connectivity index (χ0n) is 9.70. The van der Waals surface area contributed by atoms with Gasteiger partial charge in [0.2, 0.25) is 10.0 Å². The Morgan fingerprint density at radius 3 is 2.44 bits per heavy atom. The van der Waals surface area contributed by atoms with Crippen LogP contribution in [0.5, 0.6) is 0 Å². The van der Waals surface area contributed by atoms with E-state index in [-0.39, 0.29) is 4.99 Å². The quantitative estimate of drug-likeness (QED) is 0.821. The second kappa shape index (κ2) is 4.87. The minimum absolute atomic E-state index is 0.108. The van der Waals surface area contributed by atoms with Crippen LogP contribution in [0, 0.1) is 11.6 Å². The van der Waals surface area contributed by atoms with Crippen LogP contribution in [0.15, 0.2) is 23.1 Å². The molecule has 0 aliphatic carbocycles. The summed E-state index contributed by atoms with van der Waals surface area (Å²) in [5.74, 6) is -1.91. The highest BCUT2D eigenvalue weighted by atomic mass is 32.2. The normalized spacial score (nSPS) is 12.4. The smallest absolute Gasteiger partial charge is 0.244 e. The molecule has 0 unspecified atom stereocenters. The molecule has 1 aromatic carbocycles. The number of sulfonamides is 1. The number of benzene rings is 1. The molecule has 0 heterocycles. The van der Waals surface area contributed by atoms with Crippen molar-refractivity contribution in [2.24, 2.45) is 5.73 Å². The largest absolute Gasteiger partial charge is 0.392 e. The molecule has 0 atom stereocenters. The van der Waals surface area contributed by atoms with E-state index in [4.69, 9.17) is 18.0 Å². The van der Waals surface area contributed by atoms with E-state index in [2.05, 4.69) is 4.72 Å². The molecule has 3 N–H and O–H groups in total. The summed E-state index contributed by atoms with van der Waals surface area (Å²) in [5.41, 5.74) is 4.12. The molecule has 0 aliphatic heterocycles. The molecular weight excluding hydrogens is 282 g/mol. The van der Waals surface area contributed by atoms with Gasteiger partial charge in [-0.15, -0.1) is 0 Å². The number of halogens is 2. The Kier molecular flexibility index (Phi) is 4.04. The Labute approximate surface area is 109 Å². The minimum Gasteiger partial charge on any atom is -0.392 e. The van der Waals surface area contributed by atoms with Crippen molar-refractivity contribution < 1.29 is 17.2 Å². The van der Waals surface area contributed by atoms with Crippen LogP contribution in [0.25, 0.3) is 0 Å². The van der Waals surface area contributed by atoms with Gasteiger partial charge in [0, 0.05) is 0 Å². The maximum Gasteiger partial charge on any atom is 0.244 e. The van der Waals surface area contributed by atoms with Gasteiger partial charge in [-0.2, -0.15) is 4.72 Å². The zero-order valence-corrected chi connectivity index (χ0v) is 11.3. The molecular formula is C10H12F2N2O2S2. The van der Waals surface area contributed by atoms with Gasteiger partial charge in [-0.1, -0.05) is 12.2 Å². The van der Waals surface area contributed by atoms with Gasteiger partial charge in [-0.3, -0.25) is 0 Å². The molecule has 18 heavy (non-hydrogen) atoms. The lowest BCUT2D eigenvalue weighted by atomic mass is 10.1. The van der Waals surface area contributed by atoms with Crippen molar-refractivity contribution in [2.75, 3.05) is 0 Å². The summed E-state index contributed by atoms with van der Waals surface area (Å²) in [5, 5.41) is 0. The van der Waals surface area contributed by atoms with Crippen molar-refractivity contribution in [3.8, 4) is 0 Å². The molecule has 0 aromatic heterocycles. The summed E-state index contributed by atoms with van der Waals surface area (Å²) in [6, 6.07) is 2.15. The van der Waals surface area contributed by atoms with E-state index in [1.807, 2.05) is 0 Å². The van der Waals surface area contributed by atoms with Gasteiger partial charge in [0.25, 0.3) is 0 Å². The van der Waals surface area contributed by atoms with E-state index >= 15 is 0 Å². The maximum atomic E-state index is 13.4. The first kappa shape index (κ1) is 14.9. The molecule has 0 aliphatic rings. The minimum atomic E-state index is -4.25. The first-order valence-electron chi connectivity index (χ1n) is 4.85. The highest BCUT2D eigenvalue weighted by molar-refractivity contribution is 7.89. The van der Waals surface area contributed by atoms with Gasteiger partial charge in [0.05, 0.1) is 10.5 Å². The molecule has 1 rings (SSSR count). The van der Waals surface area contributed by atoms with E-state index in [0.717, 1.165) is 12.1 Å². The van der Waals surface area contributed by atoms with Crippen LogP contribution in [0.4, 0.5) is 8.78 Å². The van der Waals surface area contributed by atoms with Gasteiger partial charge >= 0.3 is 0 Å². The van der Waals surface area contributed by atoms with E-state index in [0.29, 0.717) is 6.07 Å². The molecule has 8 heteroatoms. The lowest BCUT2D eigenvalue weighted by Crippen LogP contribution is -2.52. The van der Waals surface area contributed by atoms with Crippen molar-refractivity contribution >= 4 is 27.2 Å². The number of nitrogens with two attached hydrogens (primary N) is 1. The average molecular weight is 294 g/mol. The third-order valence-corrected chi connectivity index (χ3v) is 4.37. The summed E-state index contributed by atoms with van der Waals surface area (Å²) in [6.45, 7) is 2.84. The second-order valence-corrected chi connectivity index (χ2v) is 6.26. The van der Waals surface area contributed by atoms with Gasteiger partial charge in [-0.05, 0) is 32.0 Å². The average Bonchev–Trinajstić information content (AvgIpc) is 2.19. The fraction of sp³-hybridized carbons (Fsp3) is 0.300. The predicted molar refractivity (Wildman–Crippen MR) is 67.5 cm³/mol. The number of hydrogen-bond acceptors (Lipinski definition) is 3. The third kappa shape index (κ3) is 3.21. The molecule has 0 saturated heterocycles. The monoisotopic (exact) mass is 294 g/mol. The molecule has 1 aromatic rings. The molecule has 0 spiro atoms. The van der Waals surface area contributed by atoms with Crippen LogP contribution < -0.4 is 10.5 Å². The highest BCUT2D eigenvalue weighted by Crippen LogP contribution is 2.18. The molecule has 4 nitrogen and oxygen atoms in total. The van der Waals surface area contributed by atoms with Crippen LogP contribution >= 0.6 is 12.2 Å². The lowest BCUT2D eigenvalue weighted by Gasteiger charge is -2.24. The molecule has 0 amide bonds.